The van der Waals surface area contributed by atoms with E-state index in [2.05, 4.69) is 83.1 Å². The number of rotatable bonds is 6. The fourth-order valence-electron chi connectivity index (χ4n) is 3.28. The zero-order valence-electron chi connectivity index (χ0n) is 12.7. The normalized spacial score (nSPS) is 12.7. The Bertz CT molecular complexity index is 322. The van der Waals surface area contributed by atoms with Crippen molar-refractivity contribution in [3.8, 4) is 0 Å². The van der Waals surface area contributed by atoms with Gasteiger partial charge in [-0.25, -0.2) is 0 Å². The van der Waals surface area contributed by atoms with Crippen LogP contribution < -0.4 is 0 Å². The van der Waals surface area contributed by atoms with Gasteiger partial charge in [0.05, 0.1) is 0 Å². The monoisotopic (exact) mass is 280 g/mol. The summed E-state index contributed by atoms with van der Waals surface area (Å²) in [5.41, 5.74) is 3.99. The zero-order chi connectivity index (χ0) is 13.8. The summed E-state index contributed by atoms with van der Waals surface area (Å²) >= 11 is 2.29. The Morgan fingerprint density at radius 2 is 1.28 bits per heavy atom. The van der Waals surface area contributed by atoms with Crippen molar-refractivity contribution in [1.82, 2.24) is 0 Å². The fraction of sp³-hybridized carbons (Fsp3) is 0.625. The fourth-order valence-corrected chi connectivity index (χ4v) is 13.1. The van der Waals surface area contributed by atoms with Crippen LogP contribution in [0, 0.1) is 0 Å². The summed E-state index contributed by atoms with van der Waals surface area (Å²) in [6.45, 7) is 14.6. The van der Waals surface area contributed by atoms with Crippen LogP contribution in [0.15, 0.2) is 30.3 Å². The molecule has 1 rings (SSSR count). The first-order valence-corrected chi connectivity index (χ1v) is 11.0. The molecule has 0 saturated carbocycles. The first-order chi connectivity index (χ1) is 8.41. The largest absolute Gasteiger partial charge is 0.180 e. The molecule has 0 bridgehead atoms. The Labute approximate surface area is 118 Å². The van der Waals surface area contributed by atoms with Crippen LogP contribution in [0.25, 0.3) is 0 Å². The van der Waals surface area contributed by atoms with Crippen LogP contribution in [0.3, 0.4) is 0 Å². The van der Waals surface area contributed by atoms with Crippen molar-refractivity contribution in [3.05, 3.63) is 35.9 Å². The molecule has 0 spiro atoms. The zero-order valence-corrected chi connectivity index (χ0v) is 14.6. The van der Waals surface area contributed by atoms with Crippen LogP contribution in [0.2, 0.25) is 16.6 Å². The topological polar surface area (TPSA) is 0 Å². The van der Waals surface area contributed by atoms with Crippen LogP contribution in [0.5, 0.6) is 0 Å². The average molecular weight is 281 g/mol. The van der Waals surface area contributed by atoms with Gasteiger partial charge in [0.1, 0.15) is 7.22 Å². The van der Waals surface area contributed by atoms with Gasteiger partial charge < -0.3 is 0 Å². The summed E-state index contributed by atoms with van der Waals surface area (Å²) in [5, 5.41) is 0. The van der Waals surface area contributed by atoms with E-state index in [0.717, 1.165) is 16.6 Å². The lowest BCUT2D eigenvalue weighted by atomic mass is 10.2. The van der Waals surface area contributed by atoms with E-state index in [0.29, 0.717) is 0 Å². The molecular weight excluding hydrogens is 252 g/mol. The van der Waals surface area contributed by atoms with Gasteiger partial charge in [-0.1, -0.05) is 71.9 Å². The molecule has 1 aromatic carbocycles. The summed E-state index contributed by atoms with van der Waals surface area (Å²) in [4.78, 5) is 0. The van der Waals surface area contributed by atoms with Crippen molar-refractivity contribution in [2.45, 2.75) is 63.9 Å². The van der Waals surface area contributed by atoms with Crippen molar-refractivity contribution in [2.24, 2.45) is 0 Å². The van der Waals surface area contributed by atoms with Crippen molar-refractivity contribution < 1.29 is 0 Å². The van der Waals surface area contributed by atoms with Gasteiger partial charge in [-0.3, -0.25) is 0 Å². The summed E-state index contributed by atoms with van der Waals surface area (Å²) in [5.74, 6) is 1.18. The lowest BCUT2D eigenvalue weighted by Gasteiger charge is -2.42. The van der Waals surface area contributed by atoms with Crippen LogP contribution in [-0.4, -0.2) is 7.22 Å². The SMILES string of the molecule is CC(C)[Si](SCc1ccccc1)(C(C)C)C(C)C. The molecule has 0 aliphatic rings. The highest BCUT2D eigenvalue weighted by Crippen LogP contribution is 2.50. The maximum atomic E-state index is 2.43. The maximum Gasteiger partial charge on any atom is 0.125 e. The second-order valence-electron chi connectivity index (χ2n) is 6.09. The predicted octanol–water partition coefficient (Wildman–Crippen LogP) is 6.10. The first kappa shape index (κ1) is 15.8. The molecule has 0 heterocycles. The third-order valence-electron chi connectivity index (χ3n) is 4.04. The van der Waals surface area contributed by atoms with Crippen LogP contribution in [0.4, 0.5) is 0 Å². The van der Waals surface area contributed by atoms with Gasteiger partial charge in [0.2, 0.25) is 0 Å². The smallest absolute Gasteiger partial charge is 0.125 e. The quantitative estimate of drug-likeness (QED) is 0.568. The molecule has 2 heteroatoms. The van der Waals surface area contributed by atoms with E-state index in [4.69, 9.17) is 0 Å². The van der Waals surface area contributed by atoms with Crippen LogP contribution >= 0.6 is 11.2 Å². The molecule has 0 amide bonds. The minimum absolute atomic E-state index is 0.839. The Hall–Kier alpha value is -0.213. The van der Waals surface area contributed by atoms with Crippen LogP contribution in [0.1, 0.15) is 47.1 Å². The van der Waals surface area contributed by atoms with Gasteiger partial charge in [0.15, 0.2) is 0 Å². The molecule has 0 N–H and O–H groups in total. The lowest BCUT2D eigenvalue weighted by molar-refractivity contribution is 0.851. The molecule has 0 nitrogen and oxygen atoms in total. The van der Waals surface area contributed by atoms with E-state index in [1.165, 1.54) is 11.3 Å². The highest BCUT2D eigenvalue weighted by molar-refractivity contribution is 8.28. The molecule has 0 aliphatic carbocycles. The lowest BCUT2D eigenvalue weighted by Crippen LogP contribution is -2.41. The van der Waals surface area contributed by atoms with Gasteiger partial charge in [0, 0.05) is 5.75 Å². The summed E-state index contributed by atoms with van der Waals surface area (Å²) in [7, 11) is -1.29. The molecule has 0 aliphatic heterocycles. The molecule has 0 radical (unpaired) electrons. The maximum absolute atomic E-state index is 2.43. The second-order valence-corrected chi connectivity index (χ2v) is 14.8. The predicted molar refractivity (Wildman–Crippen MR) is 88.8 cm³/mol. The average Bonchev–Trinajstić information content (AvgIpc) is 2.29. The van der Waals surface area contributed by atoms with Gasteiger partial charge >= 0.3 is 0 Å². The van der Waals surface area contributed by atoms with Crippen molar-refractivity contribution in [2.75, 3.05) is 0 Å². The van der Waals surface area contributed by atoms with Gasteiger partial charge in [0.25, 0.3) is 0 Å². The van der Waals surface area contributed by atoms with E-state index >= 15 is 0 Å². The molecule has 0 saturated heterocycles. The third-order valence-corrected chi connectivity index (χ3v) is 16.6. The molecule has 0 atom stereocenters. The highest BCUT2D eigenvalue weighted by Gasteiger charge is 2.43. The van der Waals surface area contributed by atoms with Gasteiger partial charge in [-0.15, -0.1) is 0 Å². The van der Waals surface area contributed by atoms with E-state index in [9.17, 15) is 0 Å². The summed E-state index contributed by atoms with van der Waals surface area (Å²) in [6, 6.07) is 10.9. The molecule has 0 unspecified atom stereocenters. The Balaban J connectivity index is 2.86. The summed E-state index contributed by atoms with van der Waals surface area (Å²) in [6.07, 6.45) is 0. The minimum atomic E-state index is -1.29. The molecule has 102 valence electrons. The summed E-state index contributed by atoms with van der Waals surface area (Å²) < 4.78 is 0. The molecule has 0 aromatic heterocycles. The van der Waals surface area contributed by atoms with E-state index in [1.807, 2.05) is 0 Å². The van der Waals surface area contributed by atoms with Gasteiger partial charge in [-0.2, -0.15) is 11.2 Å². The Kier molecular flexibility index (Phi) is 5.99. The highest BCUT2D eigenvalue weighted by atomic mass is 32.4. The van der Waals surface area contributed by atoms with E-state index in [1.54, 1.807) is 0 Å². The Morgan fingerprint density at radius 3 is 1.67 bits per heavy atom. The molecule has 1 aromatic rings. The van der Waals surface area contributed by atoms with Gasteiger partial charge in [-0.05, 0) is 22.2 Å². The standard InChI is InChI=1S/C16H28SSi/c1-13(2)18(14(3)4,15(5)6)17-12-16-10-8-7-9-11-16/h7-11,13-15H,12H2,1-6H3. The third kappa shape index (κ3) is 3.42. The number of hydrogen-bond acceptors (Lipinski definition) is 1. The molecule has 18 heavy (non-hydrogen) atoms. The van der Waals surface area contributed by atoms with Crippen molar-refractivity contribution in [3.63, 3.8) is 0 Å². The Morgan fingerprint density at radius 1 is 0.833 bits per heavy atom. The van der Waals surface area contributed by atoms with E-state index in [-0.39, 0.29) is 0 Å². The van der Waals surface area contributed by atoms with Crippen molar-refractivity contribution >= 4 is 18.4 Å². The number of benzene rings is 1. The molecular formula is C16H28SSi. The first-order valence-electron chi connectivity index (χ1n) is 7.09. The van der Waals surface area contributed by atoms with Crippen LogP contribution in [-0.2, 0) is 5.75 Å². The van der Waals surface area contributed by atoms with E-state index < -0.39 is 7.22 Å². The second kappa shape index (κ2) is 6.81. The number of hydrogen-bond donors (Lipinski definition) is 0. The van der Waals surface area contributed by atoms with Crippen molar-refractivity contribution in [1.29, 1.82) is 0 Å². The minimum Gasteiger partial charge on any atom is -0.180 e. The molecule has 0 fully saturated rings.